The lowest BCUT2D eigenvalue weighted by Gasteiger charge is -2.32. The molecule has 11 heteroatoms. The summed E-state index contributed by atoms with van der Waals surface area (Å²) in [4.78, 5) is 24.9. The monoisotopic (exact) mass is 469 g/mol. The normalized spacial score (nSPS) is 14.9. The molecule has 0 bridgehead atoms. The van der Waals surface area contributed by atoms with E-state index < -0.39 is 14.9 Å². The van der Waals surface area contributed by atoms with Crippen molar-refractivity contribution in [3.8, 4) is 5.69 Å². The summed E-state index contributed by atoms with van der Waals surface area (Å²) in [6, 6.07) is 13.9. The Balaban J connectivity index is 1.48. The van der Waals surface area contributed by atoms with Gasteiger partial charge in [-0.1, -0.05) is 0 Å². The van der Waals surface area contributed by atoms with Gasteiger partial charge in [-0.15, -0.1) is 0 Å². The molecule has 2 heterocycles. The molecule has 33 heavy (non-hydrogen) atoms. The standard InChI is InChI=1S/C22H23N5O5S/c1-15-14-21(26(24-15)18-6-8-20(9-7-18)33(23,31)32)16-10-12-25(13-11-16)22(28)17-2-4-19(5-3-17)27(29)30/h2-9,14,16H,10-13H2,1H3,(H2,23,31,32). The Hall–Kier alpha value is -3.57. The Labute approximate surface area is 190 Å². The first-order valence-corrected chi connectivity index (χ1v) is 11.9. The number of rotatable bonds is 5. The summed E-state index contributed by atoms with van der Waals surface area (Å²) >= 11 is 0. The minimum Gasteiger partial charge on any atom is -0.339 e. The lowest BCUT2D eigenvalue weighted by Crippen LogP contribution is -2.38. The van der Waals surface area contributed by atoms with Crippen LogP contribution in [0.4, 0.5) is 5.69 Å². The van der Waals surface area contributed by atoms with Gasteiger partial charge in [0.05, 0.1) is 21.2 Å². The molecule has 1 aliphatic heterocycles. The van der Waals surface area contributed by atoms with E-state index in [0.717, 1.165) is 29.9 Å². The number of amides is 1. The Morgan fingerprint density at radius 1 is 1.09 bits per heavy atom. The molecule has 0 aliphatic carbocycles. The van der Waals surface area contributed by atoms with Crippen molar-refractivity contribution in [2.75, 3.05) is 13.1 Å². The van der Waals surface area contributed by atoms with E-state index in [9.17, 15) is 23.3 Å². The number of likely N-dealkylation sites (tertiary alicyclic amines) is 1. The summed E-state index contributed by atoms with van der Waals surface area (Å²) in [6.07, 6.45) is 1.47. The predicted molar refractivity (Wildman–Crippen MR) is 121 cm³/mol. The van der Waals surface area contributed by atoms with Crippen molar-refractivity contribution in [1.29, 1.82) is 0 Å². The molecule has 1 fully saturated rings. The van der Waals surface area contributed by atoms with Crippen LogP contribution in [-0.4, -0.2) is 47.0 Å². The fraction of sp³-hybridized carbons (Fsp3) is 0.273. The molecule has 2 N–H and O–H groups in total. The van der Waals surface area contributed by atoms with E-state index in [1.807, 2.05) is 13.0 Å². The minimum atomic E-state index is -3.77. The summed E-state index contributed by atoms with van der Waals surface area (Å²) in [5.41, 5.74) is 2.94. The number of primary sulfonamides is 1. The summed E-state index contributed by atoms with van der Waals surface area (Å²) in [7, 11) is -3.77. The molecule has 2 aromatic carbocycles. The van der Waals surface area contributed by atoms with Gasteiger partial charge in [-0.25, -0.2) is 18.2 Å². The van der Waals surface area contributed by atoms with E-state index in [2.05, 4.69) is 5.10 Å². The molecular weight excluding hydrogens is 446 g/mol. The molecule has 1 aromatic heterocycles. The van der Waals surface area contributed by atoms with Crippen LogP contribution in [0.1, 0.15) is 40.5 Å². The summed E-state index contributed by atoms with van der Waals surface area (Å²) in [5, 5.41) is 20.6. The Morgan fingerprint density at radius 2 is 1.70 bits per heavy atom. The molecule has 0 spiro atoms. The predicted octanol–water partition coefficient (Wildman–Crippen LogP) is 2.76. The number of aryl methyl sites for hydroxylation is 1. The van der Waals surface area contributed by atoms with Gasteiger partial charge in [0.25, 0.3) is 11.6 Å². The third kappa shape index (κ3) is 4.78. The average molecular weight is 470 g/mol. The lowest BCUT2D eigenvalue weighted by molar-refractivity contribution is -0.384. The second-order valence-corrected chi connectivity index (χ2v) is 9.59. The van der Waals surface area contributed by atoms with E-state index in [1.165, 1.54) is 36.4 Å². The number of carbonyl (C=O) groups is 1. The van der Waals surface area contributed by atoms with Crippen molar-refractivity contribution in [3.63, 3.8) is 0 Å². The molecule has 0 atom stereocenters. The number of carbonyl (C=O) groups excluding carboxylic acids is 1. The number of hydrogen-bond donors (Lipinski definition) is 1. The molecule has 1 aliphatic rings. The number of hydrogen-bond acceptors (Lipinski definition) is 6. The van der Waals surface area contributed by atoms with Gasteiger partial charge in [-0.3, -0.25) is 14.9 Å². The second kappa shape index (κ2) is 8.75. The molecule has 172 valence electrons. The number of nitro groups is 1. The Morgan fingerprint density at radius 3 is 2.24 bits per heavy atom. The quantitative estimate of drug-likeness (QED) is 0.450. The number of nitrogens with two attached hydrogens (primary N) is 1. The highest BCUT2D eigenvalue weighted by Crippen LogP contribution is 2.31. The Kier molecular flexibility index (Phi) is 6.00. The summed E-state index contributed by atoms with van der Waals surface area (Å²) < 4.78 is 24.9. The molecule has 3 aromatic rings. The highest BCUT2D eigenvalue weighted by molar-refractivity contribution is 7.89. The van der Waals surface area contributed by atoms with Crippen LogP contribution in [0.5, 0.6) is 0 Å². The zero-order valence-corrected chi connectivity index (χ0v) is 18.7. The van der Waals surface area contributed by atoms with Crippen molar-refractivity contribution in [1.82, 2.24) is 14.7 Å². The molecule has 10 nitrogen and oxygen atoms in total. The van der Waals surface area contributed by atoms with E-state index >= 15 is 0 Å². The molecule has 0 unspecified atom stereocenters. The second-order valence-electron chi connectivity index (χ2n) is 8.03. The van der Waals surface area contributed by atoms with Gasteiger partial charge >= 0.3 is 0 Å². The highest BCUT2D eigenvalue weighted by Gasteiger charge is 2.27. The largest absolute Gasteiger partial charge is 0.339 e. The van der Waals surface area contributed by atoms with E-state index in [-0.39, 0.29) is 22.4 Å². The zero-order valence-electron chi connectivity index (χ0n) is 17.9. The van der Waals surface area contributed by atoms with E-state index in [4.69, 9.17) is 5.14 Å². The molecule has 1 amide bonds. The Bertz CT molecular complexity index is 1290. The van der Waals surface area contributed by atoms with Crippen LogP contribution in [0.25, 0.3) is 5.69 Å². The number of non-ortho nitro benzene ring substituents is 1. The highest BCUT2D eigenvalue weighted by atomic mass is 32.2. The van der Waals surface area contributed by atoms with Crippen LogP contribution in [0.3, 0.4) is 0 Å². The molecule has 0 radical (unpaired) electrons. The minimum absolute atomic E-state index is 0.0368. The molecule has 0 saturated carbocycles. The lowest BCUT2D eigenvalue weighted by atomic mass is 9.92. The van der Waals surface area contributed by atoms with Gasteiger partial charge in [0.15, 0.2) is 0 Å². The number of piperidine rings is 1. The number of sulfonamides is 1. The van der Waals surface area contributed by atoms with E-state index in [1.54, 1.807) is 21.7 Å². The van der Waals surface area contributed by atoms with E-state index in [0.29, 0.717) is 18.7 Å². The van der Waals surface area contributed by atoms with Crippen molar-refractivity contribution in [3.05, 3.63) is 81.7 Å². The maximum Gasteiger partial charge on any atom is 0.269 e. The van der Waals surface area contributed by atoms with Gasteiger partial charge in [0.1, 0.15) is 0 Å². The topological polar surface area (TPSA) is 141 Å². The first kappa shape index (κ1) is 22.6. The number of benzene rings is 2. The fourth-order valence-electron chi connectivity index (χ4n) is 4.08. The smallest absolute Gasteiger partial charge is 0.269 e. The summed E-state index contributed by atoms with van der Waals surface area (Å²) in [6.45, 7) is 3.00. The molecule has 4 rings (SSSR count). The molecule has 1 saturated heterocycles. The fourth-order valence-corrected chi connectivity index (χ4v) is 4.60. The van der Waals surface area contributed by atoms with Gasteiger partial charge in [0.2, 0.25) is 10.0 Å². The first-order chi connectivity index (χ1) is 15.6. The van der Waals surface area contributed by atoms with Crippen LogP contribution in [0.15, 0.2) is 59.5 Å². The zero-order chi connectivity index (χ0) is 23.8. The van der Waals surface area contributed by atoms with Crippen LogP contribution >= 0.6 is 0 Å². The SMILES string of the molecule is Cc1cc(C2CCN(C(=O)c3ccc([N+](=O)[O-])cc3)CC2)n(-c2ccc(S(N)(=O)=O)cc2)n1. The third-order valence-corrected chi connectivity index (χ3v) is 6.72. The van der Waals surface area contributed by atoms with Crippen LogP contribution < -0.4 is 5.14 Å². The van der Waals surface area contributed by atoms with Crippen LogP contribution in [0.2, 0.25) is 0 Å². The van der Waals surface area contributed by atoms with Crippen molar-refractivity contribution in [2.45, 2.75) is 30.6 Å². The molecular formula is C22H23N5O5S. The number of nitrogens with zero attached hydrogens (tertiary/aromatic N) is 4. The van der Waals surface area contributed by atoms with Crippen LogP contribution in [-0.2, 0) is 10.0 Å². The summed E-state index contributed by atoms with van der Waals surface area (Å²) in [5.74, 6) is 0.0247. The maximum atomic E-state index is 12.8. The first-order valence-electron chi connectivity index (χ1n) is 10.4. The maximum absolute atomic E-state index is 12.8. The number of aromatic nitrogens is 2. The van der Waals surface area contributed by atoms with Crippen LogP contribution in [0, 0.1) is 17.0 Å². The van der Waals surface area contributed by atoms with Crippen molar-refractivity contribution >= 4 is 21.6 Å². The van der Waals surface area contributed by atoms with Gasteiger partial charge in [-0.05, 0) is 62.2 Å². The third-order valence-electron chi connectivity index (χ3n) is 5.79. The van der Waals surface area contributed by atoms with Gasteiger partial charge in [0, 0.05) is 42.4 Å². The van der Waals surface area contributed by atoms with Crippen molar-refractivity contribution in [2.24, 2.45) is 5.14 Å². The van der Waals surface area contributed by atoms with Gasteiger partial charge in [-0.2, -0.15) is 5.10 Å². The number of nitro benzene ring substituents is 1. The van der Waals surface area contributed by atoms with Crippen molar-refractivity contribution < 1.29 is 18.1 Å². The van der Waals surface area contributed by atoms with Gasteiger partial charge < -0.3 is 4.90 Å². The average Bonchev–Trinajstić information content (AvgIpc) is 3.20.